The first kappa shape index (κ1) is 23.2. The minimum absolute atomic E-state index is 0.0472. The summed E-state index contributed by atoms with van der Waals surface area (Å²) in [6.45, 7) is 0.422. The smallest absolute Gasteiger partial charge is 0.387 e. The van der Waals surface area contributed by atoms with E-state index in [4.69, 9.17) is 21.1 Å². The Balaban J connectivity index is 1.56. The predicted molar refractivity (Wildman–Crippen MR) is 116 cm³/mol. The summed E-state index contributed by atoms with van der Waals surface area (Å²) in [5, 5.41) is 11.1. The van der Waals surface area contributed by atoms with Crippen LogP contribution in [0.25, 0.3) is 11.1 Å². The summed E-state index contributed by atoms with van der Waals surface area (Å²) in [5.41, 5.74) is 1.12. The fourth-order valence-electron chi connectivity index (χ4n) is 3.17. The lowest BCUT2D eigenvalue weighted by Gasteiger charge is -2.14. The first-order valence-electron chi connectivity index (χ1n) is 9.82. The highest BCUT2D eigenvalue weighted by Crippen LogP contribution is 2.35. The van der Waals surface area contributed by atoms with Crippen molar-refractivity contribution in [1.82, 2.24) is 20.2 Å². The molecule has 1 aliphatic heterocycles. The molecule has 4 heterocycles. The van der Waals surface area contributed by atoms with Crippen LogP contribution in [0, 0.1) is 12.8 Å². The summed E-state index contributed by atoms with van der Waals surface area (Å²) in [6.07, 6.45) is 3.33. The van der Waals surface area contributed by atoms with Crippen molar-refractivity contribution in [2.75, 3.05) is 25.1 Å². The molecule has 0 saturated carbocycles. The fraction of sp³-hybridized carbons (Fsp3) is 0.350. The largest absolute Gasteiger partial charge is 0.469 e. The number of carbonyl (C=O) groups is 1. The molecule has 1 fully saturated rings. The molecule has 9 nitrogen and oxygen atoms in total. The van der Waals surface area contributed by atoms with Gasteiger partial charge < -0.3 is 14.2 Å². The van der Waals surface area contributed by atoms with E-state index in [1.807, 2.05) is 0 Å². The Bertz CT molecular complexity index is 1140. The number of nitrogens with one attached hydrogen (secondary N) is 1. The van der Waals surface area contributed by atoms with Crippen molar-refractivity contribution >= 4 is 34.0 Å². The van der Waals surface area contributed by atoms with Gasteiger partial charge in [0.1, 0.15) is 5.15 Å². The molecule has 1 N–H and O–H groups in total. The van der Waals surface area contributed by atoms with Crippen LogP contribution in [0.1, 0.15) is 22.5 Å². The molecule has 4 rings (SSSR count). The normalized spacial score (nSPS) is 15.6. The van der Waals surface area contributed by atoms with E-state index in [1.165, 1.54) is 12.3 Å². The van der Waals surface area contributed by atoms with Gasteiger partial charge in [-0.05, 0) is 36.8 Å². The molecule has 0 unspecified atom stereocenters. The van der Waals surface area contributed by atoms with Crippen molar-refractivity contribution in [3.63, 3.8) is 0 Å². The Kier molecular flexibility index (Phi) is 7.26. The van der Waals surface area contributed by atoms with Crippen LogP contribution in [0.5, 0.6) is 10.9 Å². The molecular formula is C20H18ClF2N5O4S. The van der Waals surface area contributed by atoms with Crippen LogP contribution in [-0.4, -0.2) is 52.5 Å². The first-order valence-corrected chi connectivity index (χ1v) is 11.0. The van der Waals surface area contributed by atoms with Gasteiger partial charge in [-0.2, -0.15) is 8.78 Å². The summed E-state index contributed by atoms with van der Waals surface area (Å²) in [6, 6.07) is 2.91. The molecule has 1 atom stereocenters. The predicted octanol–water partition coefficient (Wildman–Crippen LogP) is 4.23. The van der Waals surface area contributed by atoms with Gasteiger partial charge in [-0.1, -0.05) is 16.7 Å². The summed E-state index contributed by atoms with van der Waals surface area (Å²) in [4.78, 5) is 20.9. The van der Waals surface area contributed by atoms with Gasteiger partial charge in [0.2, 0.25) is 5.13 Å². The molecule has 0 spiro atoms. The van der Waals surface area contributed by atoms with Crippen LogP contribution < -0.4 is 14.8 Å². The van der Waals surface area contributed by atoms with Gasteiger partial charge in [-0.15, -0.1) is 5.10 Å². The van der Waals surface area contributed by atoms with E-state index >= 15 is 0 Å². The van der Waals surface area contributed by atoms with Crippen molar-refractivity contribution in [2.45, 2.75) is 20.0 Å². The summed E-state index contributed by atoms with van der Waals surface area (Å²) in [7, 11) is 0. The summed E-state index contributed by atoms with van der Waals surface area (Å²) >= 11 is 7.04. The number of pyridine rings is 2. The number of alkyl halides is 2. The highest BCUT2D eigenvalue weighted by molar-refractivity contribution is 7.17. The number of aryl methyl sites for hydroxylation is 1. The zero-order chi connectivity index (χ0) is 23.4. The number of ether oxygens (including phenoxy) is 3. The number of hydrogen-bond donors (Lipinski definition) is 1. The molecule has 1 saturated heterocycles. The van der Waals surface area contributed by atoms with Crippen LogP contribution in [-0.2, 0) is 4.74 Å². The summed E-state index contributed by atoms with van der Waals surface area (Å²) < 4.78 is 41.3. The van der Waals surface area contributed by atoms with Gasteiger partial charge in [0.15, 0.2) is 5.75 Å². The third-order valence-electron chi connectivity index (χ3n) is 4.72. The quantitative estimate of drug-likeness (QED) is 0.461. The van der Waals surface area contributed by atoms with Crippen LogP contribution >= 0.6 is 22.9 Å². The van der Waals surface area contributed by atoms with Crippen molar-refractivity contribution in [3.05, 3.63) is 40.9 Å². The van der Waals surface area contributed by atoms with Gasteiger partial charge >= 0.3 is 6.61 Å². The Labute approximate surface area is 196 Å². The standard InChI is InChI=1S/C20H18ClF2N5O4S/c1-10-4-12(13-5-16(21)25-7-15(13)32-18(22)23)14(6-24-10)17(29)26-19-27-28-20(33-19)31-9-11-2-3-30-8-11/h4-7,11,18H,2-3,8-9H2,1H3,(H,26,27,29)/t11-/m1/s1. The minimum atomic E-state index is -3.08. The lowest BCUT2D eigenvalue weighted by atomic mass is 10.0. The van der Waals surface area contributed by atoms with E-state index in [0.29, 0.717) is 42.2 Å². The molecule has 13 heteroatoms. The zero-order valence-electron chi connectivity index (χ0n) is 17.3. The maximum atomic E-state index is 13.0. The van der Waals surface area contributed by atoms with E-state index in [-0.39, 0.29) is 27.2 Å². The van der Waals surface area contributed by atoms with Crippen LogP contribution in [0.4, 0.5) is 13.9 Å². The number of anilines is 1. The summed E-state index contributed by atoms with van der Waals surface area (Å²) in [5.74, 6) is -0.498. The van der Waals surface area contributed by atoms with Crippen molar-refractivity contribution < 1.29 is 27.8 Å². The molecule has 1 amide bonds. The topological polar surface area (TPSA) is 108 Å². The number of amides is 1. The van der Waals surface area contributed by atoms with Crippen LogP contribution in [0.2, 0.25) is 5.15 Å². The van der Waals surface area contributed by atoms with Crippen LogP contribution in [0.15, 0.2) is 24.5 Å². The number of hydrogen-bond acceptors (Lipinski definition) is 9. The molecule has 1 aliphatic rings. The number of aromatic nitrogens is 4. The third-order valence-corrected chi connectivity index (χ3v) is 5.68. The van der Waals surface area contributed by atoms with Crippen LogP contribution in [0.3, 0.4) is 0 Å². The molecule has 0 radical (unpaired) electrons. The second-order valence-corrected chi connectivity index (χ2v) is 8.45. The third kappa shape index (κ3) is 5.89. The maximum Gasteiger partial charge on any atom is 0.387 e. The zero-order valence-corrected chi connectivity index (χ0v) is 18.8. The van der Waals surface area contributed by atoms with Crippen molar-refractivity contribution in [3.8, 4) is 22.1 Å². The minimum Gasteiger partial charge on any atom is -0.469 e. The average Bonchev–Trinajstić information content (AvgIpc) is 3.45. The molecule has 174 valence electrons. The maximum absolute atomic E-state index is 13.0. The highest BCUT2D eigenvalue weighted by atomic mass is 35.5. The van der Waals surface area contributed by atoms with Gasteiger partial charge in [0.05, 0.1) is 25.0 Å². The lowest BCUT2D eigenvalue weighted by molar-refractivity contribution is -0.0496. The fourth-order valence-corrected chi connectivity index (χ4v) is 3.93. The van der Waals surface area contributed by atoms with Crippen molar-refractivity contribution in [1.29, 1.82) is 0 Å². The SMILES string of the molecule is Cc1cc(-c2cc(Cl)ncc2OC(F)F)c(C(=O)Nc2nnc(OC[C@@H]3CCOC3)s2)cn1. The molecular weight excluding hydrogens is 480 g/mol. The van der Waals surface area contributed by atoms with Gasteiger partial charge in [-0.25, -0.2) is 4.98 Å². The van der Waals surface area contributed by atoms with E-state index in [2.05, 4.69) is 30.2 Å². The molecule has 0 aliphatic carbocycles. The second-order valence-electron chi connectivity index (χ2n) is 7.12. The Morgan fingerprint density at radius 2 is 2.15 bits per heavy atom. The molecule has 0 bridgehead atoms. The molecule has 0 aromatic carbocycles. The average molecular weight is 498 g/mol. The van der Waals surface area contributed by atoms with E-state index in [0.717, 1.165) is 24.0 Å². The van der Waals surface area contributed by atoms with E-state index < -0.39 is 12.5 Å². The highest BCUT2D eigenvalue weighted by Gasteiger charge is 2.22. The van der Waals surface area contributed by atoms with Crippen molar-refractivity contribution in [2.24, 2.45) is 5.92 Å². The van der Waals surface area contributed by atoms with Gasteiger partial charge in [0.25, 0.3) is 11.1 Å². The number of halogens is 3. The first-order chi connectivity index (χ1) is 15.9. The lowest BCUT2D eigenvalue weighted by Crippen LogP contribution is -2.14. The Morgan fingerprint density at radius 3 is 2.91 bits per heavy atom. The molecule has 3 aromatic rings. The van der Waals surface area contributed by atoms with E-state index in [9.17, 15) is 13.6 Å². The Hall–Kier alpha value is -2.96. The number of nitrogens with zero attached hydrogens (tertiary/aromatic N) is 4. The molecule has 3 aromatic heterocycles. The van der Waals surface area contributed by atoms with Gasteiger partial charge in [-0.3, -0.25) is 15.1 Å². The monoisotopic (exact) mass is 497 g/mol. The van der Waals surface area contributed by atoms with E-state index in [1.54, 1.807) is 13.0 Å². The Morgan fingerprint density at radius 1 is 1.30 bits per heavy atom. The number of carbonyl (C=O) groups excluding carboxylic acids is 1. The number of rotatable bonds is 8. The van der Waals surface area contributed by atoms with Gasteiger partial charge in [0, 0.05) is 35.5 Å². The second kappa shape index (κ2) is 10.3. The molecule has 33 heavy (non-hydrogen) atoms.